The number of aromatic nitrogens is 2. The molecule has 0 radical (unpaired) electrons. The minimum Gasteiger partial charge on any atom is -0.493 e. The van der Waals surface area contributed by atoms with Crippen molar-refractivity contribution in [3.63, 3.8) is 0 Å². The Morgan fingerprint density at radius 3 is 2.65 bits per heavy atom. The SMILES string of the molecule is CCNCc1ccc(OC)c(OCc2ncccn2)c1. The van der Waals surface area contributed by atoms with Gasteiger partial charge in [-0.25, -0.2) is 9.97 Å². The van der Waals surface area contributed by atoms with Crippen molar-refractivity contribution in [3.8, 4) is 11.5 Å². The molecule has 0 atom stereocenters. The van der Waals surface area contributed by atoms with Crippen molar-refractivity contribution < 1.29 is 9.47 Å². The largest absolute Gasteiger partial charge is 0.493 e. The van der Waals surface area contributed by atoms with E-state index in [2.05, 4.69) is 22.2 Å². The van der Waals surface area contributed by atoms with Gasteiger partial charge in [-0.2, -0.15) is 0 Å². The summed E-state index contributed by atoms with van der Waals surface area (Å²) in [4.78, 5) is 8.26. The molecule has 0 saturated carbocycles. The molecule has 0 aliphatic heterocycles. The van der Waals surface area contributed by atoms with Crippen molar-refractivity contribution in [1.29, 1.82) is 0 Å². The van der Waals surface area contributed by atoms with E-state index in [-0.39, 0.29) is 0 Å². The van der Waals surface area contributed by atoms with Gasteiger partial charge in [0.15, 0.2) is 17.3 Å². The van der Waals surface area contributed by atoms with Crippen LogP contribution in [0.4, 0.5) is 0 Å². The highest BCUT2D eigenvalue weighted by molar-refractivity contribution is 5.43. The zero-order valence-corrected chi connectivity index (χ0v) is 11.8. The van der Waals surface area contributed by atoms with Crippen LogP contribution in [0.25, 0.3) is 0 Å². The maximum absolute atomic E-state index is 5.76. The molecule has 1 aromatic heterocycles. The normalized spacial score (nSPS) is 10.3. The fraction of sp³-hybridized carbons (Fsp3) is 0.333. The smallest absolute Gasteiger partial charge is 0.166 e. The number of hydrogen-bond acceptors (Lipinski definition) is 5. The van der Waals surface area contributed by atoms with E-state index in [9.17, 15) is 0 Å². The van der Waals surface area contributed by atoms with Gasteiger partial charge in [0.05, 0.1) is 7.11 Å². The maximum Gasteiger partial charge on any atom is 0.166 e. The monoisotopic (exact) mass is 273 g/mol. The van der Waals surface area contributed by atoms with Crippen molar-refractivity contribution in [3.05, 3.63) is 48.0 Å². The standard InChI is InChI=1S/C15H19N3O2/c1-3-16-10-12-5-6-13(19-2)14(9-12)20-11-15-17-7-4-8-18-15/h4-9,16H,3,10-11H2,1-2H3. The van der Waals surface area contributed by atoms with Crippen molar-refractivity contribution in [2.45, 2.75) is 20.1 Å². The van der Waals surface area contributed by atoms with E-state index in [4.69, 9.17) is 9.47 Å². The van der Waals surface area contributed by atoms with Gasteiger partial charge in [-0.05, 0) is 30.3 Å². The summed E-state index contributed by atoms with van der Waals surface area (Å²) in [5.41, 5.74) is 1.15. The van der Waals surface area contributed by atoms with Gasteiger partial charge in [0, 0.05) is 18.9 Å². The van der Waals surface area contributed by atoms with Gasteiger partial charge in [0.1, 0.15) is 6.61 Å². The molecule has 1 N–H and O–H groups in total. The van der Waals surface area contributed by atoms with Crippen molar-refractivity contribution in [2.24, 2.45) is 0 Å². The van der Waals surface area contributed by atoms with Crippen LogP contribution in [0.1, 0.15) is 18.3 Å². The summed E-state index contributed by atoms with van der Waals surface area (Å²) in [6.45, 7) is 4.13. The fourth-order valence-corrected chi connectivity index (χ4v) is 1.76. The molecular weight excluding hydrogens is 254 g/mol. The Labute approximate surface area is 119 Å². The minimum atomic E-state index is 0.321. The first-order valence-electron chi connectivity index (χ1n) is 6.59. The van der Waals surface area contributed by atoms with Crippen LogP contribution in [0.5, 0.6) is 11.5 Å². The third-order valence-corrected chi connectivity index (χ3v) is 2.78. The first kappa shape index (κ1) is 14.3. The quantitative estimate of drug-likeness (QED) is 0.838. The summed E-state index contributed by atoms with van der Waals surface area (Å²) < 4.78 is 11.1. The molecule has 1 aromatic carbocycles. The number of benzene rings is 1. The molecule has 0 aliphatic rings. The van der Waals surface area contributed by atoms with Gasteiger partial charge in [-0.15, -0.1) is 0 Å². The summed E-state index contributed by atoms with van der Waals surface area (Å²) in [6, 6.07) is 7.69. The molecule has 0 aliphatic carbocycles. The van der Waals surface area contributed by atoms with E-state index in [1.165, 1.54) is 0 Å². The Kier molecular flexibility index (Phi) is 5.32. The van der Waals surface area contributed by atoms with Gasteiger partial charge in [0.25, 0.3) is 0 Å². The summed E-state index contributed by atoms with van der Waals surface area (Å²) in [5, 5.41) is 3.28. The van der Waals surface area contributed by atoms with Crippen LogP contribution in [0.2, 0.25) is 0 Å². The molecule has 2 rings (SSSR count). The second-order valence-corrected chi connectivity index (χ2v) is 4.22. The Bertz CT molecular complexity index is 532. The number of methoxy groups -OCH3 is 1. The summed E-state index contributed by atoms with van der Waals surface area (Å²) in [6.07, 6.45) is 3.40. The average molecular weight is 273 g/mol. The lowest BCUT2D eigenvalue weighted by Crippen LogP contribution is -2.12. The zero-order valence-electron chi connectivity index (χ0n) is 11.8. The molecule has 5 nitrogen and oxygen atoms in total. The minimum absolute atomic E-state index is 0.321. The molecule has 106 valence electrons. The van der Waals surface area contributed by atoms with Gasteiger partial charge in [0.2, 0.25) is 0 Å². The van der Waals surface area contributed by atoms with Gasteiger partial charge in [-0.3, -0.25) is 0 Å². The lowest BCUT2D eigenvalue weighted by molar-refractivity contribution is 0.276. The lowest BCUT2D eigenvalue weighted by atomic mass is 10.2. The molecule has 0 bridgehead atoms. The Balaban J connectivity index is 2.07. The fourth-order valence-electron chi connectivity index (χ4n) is 1.76. The predicted molar refractivity (Wildman–Crippen MR) is 76.7 cm³/mol. The van der Waals surface area contributed by atoms with E-state index in [0.717, 1.165) is 18.7 Å². The van der Waals surface area contributed by atoms with E-state index >= 15 is 0 Å². The summed E-state index contributed by atoms with van der Waals surface area (Å²) >= 11 is 0. The Morgan fingerprint density at radius 2 is 1.95 bits per heavy atom. The number of nitrogens with one attached hydrogen (secondary N) is 1. The molecule has 0 fully saturated rings. The molecule has 0 spiro atoms. The highest BCUT2D eigenvalue weighted by atomic mass is 16.5. The lowest BCUT2D eigenvalue weighted by Gasteiger charge is -2.12. The topological polar surface area (TPSA) is 56.3 Å². The van der Waals surface area contributed by atoms with E-state index in [1.807, 2.05) is 18.2 Å². The van der Waals surface area contributed by atoms with Crippen LogP contribution in [0, 0.1) is 0 Å². The molecular formula is C15H19N3O2. The molecule has 0 unspecified atom stereocenters. The van der Waals surface area contributed by atoms with Crippen LogP contribution in [0.3, 0.4) is 0 Å². The Hall–Kier alpha value is -2.14. The number of hydrogen-bond donors (Lipinski definition) is 1. The number of rotatable bonds is 7. The number of nitrogens with zero attached hydrogens (tertiary/aromatic N) is 2. The van der Waals surface area contributed by atoms with Crippen LogP contribution < -0.4 is 14.8 Å². The molecule has 1 heterocycles. The first-order chi connectivity index (χ1) is 9.83. The Morgan fingerprint density at radius 1 is 1.15 bits per heavy atom. The van der Waals surface area contributed by atoms with E-state index < -0.39 is 0 Å². The molecule has 20 heavy (non-hydrogen) atoms. The highest BCUT2D eigenvalue weighted by Crippen LogP contribution is 2.28. The van der Waals surface area contributed by atoms with Gasteiger partial charge in [-0.1, -0.05) is 13.0 Å². The van der Waals surface area contributed by atoms with E-state index in [0.29, 0.717) is 23.9 Å². The molecule has 2 aromatic rings. The summed E-state index contributed by atoms with van der Waals surface area (Å²) in [7, 11) is 1.63. The van der Waals surface area contributed by atoms with Crippen molar-refractivity contribution in [1.82, 2.24) is 15.3 Å². The van der Waals surface area contributed by atoms with Gasteiger partial charge < -0.3 is 14.8 Å². The first-order valence-corrected chi connectivity index (χ1v) is 6.59. The zero-order chi connectivity index (χ0) is 14.2. The third-order valence-electron chi connectivity index (χ3n) is 2.78. The average Bonchev–Trinajstić information content (AvgIpc) is 2.52. The van der Waals surface area contributed by atoms with Crippen LogP contribution >= 0.6 is 0 Å². The molecule has 0 saturated heterocycles. The maximum atomic E-state index is 5.76. The van der Waals surface area contributed by atoms with Crippen molar-refractivity contribution >= 4 is 0 Å². The van der Waals surface area contributed by atoms with Crippen molar-refractivity contribution in [2.75, 3.05) is 13.7 Å². The van der Waals surface area contributed by atoms with Gasteiger partial charge >= 0.3 is 0 Å². The summed E-state index contributed by atoms with van der Waals surface area (Å²) in [5.74, 6) is 2.06. The van der Waals surface area contributed by atoms with E-state index in [1.54, 1.807) is 25.6 Å². The highest BCUT2D eigenvalue weighted by Gasteiger charge is 2.07. The van der Waals surface area contributed by atoms with Crippen LogP contribution in [-0.4, -0.2) is 23.6 Å². The third kappa shape index (κ3) is 3.93. The predicted octanol–water partition coefficient (Wildman–Crippen LogP) is 2.17. The molecule has 0 amide bonds. The van der Waals surface area contributed by atoms with Crippen LogP contribution in [0.15, 0.2) is 36.7 Å². The molecule has 5 heteroatoms. The van der Waals surface area contributed by atoms with Crippen LogP contribution in [-0.2, 0) is 13.2 Å². The second-order valence-electron chi connectivity index (χ2n) is 4.22. The second kappa shape index (κ2) is 7.45. The number of ether oxygens (including phenoxy) is 2.